The Morgan fingerprint density at radius 3 is 2.62 bits per heavy atom. The van der Waals surface area contributed by atoms with Crippen molar-refractivity contribution in [1.29, 1.82) is 0 Å². The van der Waals surface area contributed by atoms with Gasteiger partial charge in [0.25, 0.3) is 9.05 Å². The second kappa shape index (κ2) is 5.85. The maximum atomic E-state index is 12.2. The summed E-state index contributed by atoms with van der Waals surface area (Å²) in [4.78, 5) is 12.1. The number of halogens is 1. The average molecular weight is 333 g/mol. The van der Waals surface area contributed by atoms with E-state index in [0.717, 1.165) is 0 Å². The van der Waals surface area contributed by atoms with Gasteiger partial charge in [-0.05, 0) is 31.0 Å². The van der Waals surface area contributed by atoms with Crippen molar-refractivity contribution in [3.63, 3.8) is 0 Å². The van der Waals surface area contributed by atoms with Crippen molar-refractivity contribution in [2.75, 3.05) is 6.61 Å². The number of rotatable bonds is 4. The van der Waals surface area contributed by atoms with Crippen LogP contribution in [0.2, 0.25) is 0 Å². The molecule has 2 atom stereocenters. The lowest BCUT2D eigenvalue weighted by Gasteiger charge is -2.18. The van der Waals surface area contributed by atoms with Gasteiger partial charge in [-0.3, -0.25) is 4.79 Å². The maximum Gasteiger partial charge on any atom is 0.317 e. The summed E-state index contributed by atoms with van der Waals surface area (Å²) >= 11 is 0. The third kappa shape index (κ3) is 3.49. The fourth-order valence-corrected chi connectivity index (χ4v) is 2.73. The van der Waals surface area contributed by atoms with Crippen LogP contribution >= 0.6 is 10.7 Å². The van der Waals surface area contributed by atoms with E-state index in [4.69, 9.17) is 20.2 Å². The normalized spacial score (nSPS) is 19.0. The first kappa shape index (κ1) is 16.1. The molecule has 0 aliphatic carbocycles. The molecule has 0 saturated heterocycles. The van der Waals surface area contributed by atoms with Gasteiger partial charge in [0.05, 0.1) is 4.90 Å². The van der Waals surface area contributed by atoms with Gasteiger partial charge < -0.3 is 9.47 Å². The third-order valence-corrected chi connectivity index (χ3v) is 4.92. The van der Waals surface area contributed by atoms with E-state index in [-0.39, 0.29) is 23.5 Å². The lowest BCUT2D eigenvalue weighted by atomic mass is 10.0. The summed E-state index contributed by atoms with van der Waals surface area (Å²) in [5.41, 5.74) is 0.498. The number of hydrogen-bond donors (Lipinski definition) is 0. The number of hydrogen-bond acceptors (Lipinski definition) is 5. The maximum absolute atomic E-state index is 12.2. The number of carbonyl (C=O) groups excluding carboxylic acids is 1. The molecule has 1 heterocycles. The number of ether oxygens (including phenoxy) is 2. The van der Waals surface area contributed by atoms with E-state index in [0.29, 0.717) is 11.3 Å². The first-order valence-corrected chi connectivity index (χ1v) is 8.93. The van der Waals surface area contributed by atoms with Crippen molar-refractivity contribution in [2.24, 2.45) is 5.92 Å². The van der Waals surface area contributed by atoms with Gasteiger partial charge in [-0.2, -0.15) is 0 Å². The molecule has 0 saturated carbocycles. The molecule has 1 aromatic rings. The van der Waals surface area contributed by atoms with E-state index in [2.05, 4.69) is 0 Å². The predicted molar refractivity (Wildman–Crippen MR) is 78.1 cm³/mol. The van der Waals surface area contributed by atoms with E-state index in [1.54, 1.807) is 0 Å². The quantitative estimate of drug-likeness (QED) is 0.626. The minimum atomic E-state index is -3.85. The number of benzene rings is 1. The molecular weight excluding hydrogens is 316 g/mol. The molecular formula is C14H17ClO5S. The van der Waals surface area contributed by atoms with Gasteiger partial charge in [0.15, 0.2) is 0 Å². The Morgan fingerprint density at radius 2 is 2.05 bits per heavy atom. The van der Waals surface area contributed by atoms with Crippen molar-refractivity contribution < 1.29 is 22.7 Å². The third-order valence-electron chi connectivity index (χ3n) is 3.57. The molecule has 0 amide bonds. The summed E-state index contributed by atoms with van der Waals surface area (Å²) in [6.07, 6.45) is -0.221. The van der Waals surface area contributed by atoms with Crippen LogP contribution in [0.3, 0.4) is 0 Å². The van der Waals surface area contributed by atoms with Crippen LogP contribution in [-0.2, 0) is 18.6 Å². The summed E-state index contributed by atoms with van der Waals surface area (Å²) in [5.74, 6) is -0.359. The minimum absolute atomic E-state index is 0.0527. The van der Waals surface area contributed by atoms with Crippen LogP contribution in [0, 0.1) is 5.92 Å². The summed E-state index contributed by atoms with van der Waals surface area (Å²) in [6, 6.07) is 4.23. The highest BCUT2D eigenvalue weighted by atomic mass is 35.7. The summed E-state index contributed by atoms with van der Waals surface area (Å²) in [6.45, 7) is 5.87. The molecule has 2 rings (SSSR count). The predicted octanol–water partition coefficient (Wildman–Crippen LogP) is 2.68. The Morgan fingerprint density at radius 1 is 1.38 bits per heavy atom. The van der Waals surface area contributed by atoms with Crippen molar-refractivity contribution in [3.05, 3.63) is 23.8 Å². The number of esters is 1. The van der Waals surface area contributed by atoms with Gasteiger partial charge in [0.1, 0.15) is 24.4 Å². The smallest absolute Gasteiger partial charge is 0.317 e. The van der Waals surface area contributed by atoms with Gasteiger partial charge in [-0.25, -0.2) is 8.42 Å². The Balaban J connectivity index is 2.26. The van der Waals surface area contributed by atoms with E-state index < -0.39 is 20.9 Å². The number of fused-ring (bicyclic) bond motifs is 1. The Labute approximate surface area is 128 Å². The Kier molecular flexibility index (Phi) is 4.49. The fourth-order valence-electron chi connectivity index (χ4n) is 1.94. The molecule has 21 heavy (non-hydrogen) atoms. The second-order valence-electron chi connectivity index (χ2n) is 5.39. The Hall–Kier alpha value is -1.27. The molecule has 0 spiro atoms. The lowest BCUT2D eigenvalue weighted by Crippen LogP contribution is -2.25. The van der Waals surface area contributed by atoms with Crippen LogP contribution in [0.1, 0.15) is 32.3 Å². The van der Waals surface area contributed by atoms with E-state index in [9.17, 15) is 13.2 Å². The van der Waals surface area contributed by atoms with Gasteiger partial charge in [-0.15, -0.1) is 0 Å². The second-order valence-corrected chi connectivity index (χ2v) is 7.95. The molecule has 1 aliphatic rings. The van der Waals surface area contributed by atoms with E-state index in [1.165, 1.54) is 18.2 Å². The zero-order chi connectivity index (χ0) is 15.8. The van der Waals surface area contributed by atoms with Crippen LogP contribution in [-0.4, -0.2) is 27.1 Å². The summed E-state index contributed by atoms with van der Waals surface area (Å²) in [7, 11) is 1.48. The molecule has 5 nitrogen and oxygen atoms in total. The molecule has 0 bridgehead atoms. The Bertz CT molecular complexity index is 653. The summed E-state index contributed by atoms with van der Waals surface area (Å²) in [5, 5.41) is 0. The molecule has 0 aromatic heterocycles. The van der Waals surface area contributed by atoms with Crippen LogP contribution in [0.15, 0.2) is 23.1 Å². The minimum Gasteiger partial charge on any atom is -0.492 e. The molecule has 7 heteroatoms. The standard InChI is InChI=1S/C14H17ClO5S/c1-8(2)9(3)20-14(16)12-7-19-13-5-4-10(6-11(12)13)21(15,17)18/h4-6,8-9,12H,7H2,1-3H3. The topological polar surface area (TPSA) is 69.7 Å². The average Bonchev–Trinajstić information content (AvgIpc) is 2.80. The van der Waals surface area contributed by atoms with Crippen LogP contribution in [0.4, 0.5) is 0 Å². The molecule has 116 valence electrons. The molecule has 0 radical (unpaired) electrons. The van der Waals surface area contributed by atoms with Crippen molar-refractivity contribution in [1.82, 2.24) is 0 Å². The monoisotopic (exact) mass is 332 g/mol. The molecule has 0 fully saturated rings. The van der Waals surface area contributed by atoms with Gasteiger partial charge >= 0.3 is 5.97 Å². The molecule has 1 aromatic carbocycles. The van der Waals surface area contributed by atoms with Crippen LogP contribution in [0.25, 0.3) is 0 Å². The van der Waals surface area contributed by atoms with Crippen LogP contribution in [0.5, 0.6) is 5.75 Å². The largest absolute Gasteiger partial charge is 0.492 e. The van der Waals surface area contributed by atoms with Gasteiger partial charge in [0.2, 0.25) is 0 Å². The van der Waals surface area contributed by atoms with Crippen molar-refractivity contribution in [2.45, 2.75) is 37.7 Å². The number of carbonyl (C=O) groups is 1. The molecule has 2 unspecified atom stereocenters. The molecule has 1 aliphatic heterocycles. The van der Waals surface area contributed by atoms with E-state index in [1.807, 2.05) is 20.8 Å². The van der Waals surface area contributed by atoms with Gasteiger partial charge in [0, 0.05) is 16.2 Å². The first-order valence-electron chi connectivity index (χ1n) is 6.62. The SMILES string of the molecule is CC(C)C(C)OC(=O)C1COc2ccc(S(=O)(=O)Cl)cc21. The zero-order valence-electron chi connectivity index (χ0n) is 12.0. The fraction of sp³-hybridized carbons (Fsp3) is 0.500. The van der Waals surface area contributed by atoms with Gasteiger partial charge in [-0.1, -0.05) is 13.8 Å². The summed E-state index contributed by atoms with van der Waals surface area (Å²) < 4.78 is 33.5. The highest BCUT2D eigenvalue weighted by Gasteiger charge is 2.34. The lowest BCUT2D eigenvalue weighted by molar-refractivity contribution is -0.152. The van der Waals surface area contributed by atoms with Crippen molar-refractivity contribution >= 4 is 25.7 Å². The van der Waals surface area contributed by atoms with E-state index >= 15 is 0 Å². The highest BCUT2D eigenvalue weighted by molar-refractivity contribution is 8.13. The van der Waals surface area contributed by atoms with Crippen LogP contribution < -0.4 is 4.74 Å². The van der Waals surface area contributed by atoms with Crippen molar-refractivity contribution in [3.8, 4) is 5.75 Å². The highest BCUT2D eigenvalue weighted by Crippen LogP contribution is 2.37. The zero-order valence-corrected chi connectivity index (χ0v) is 13.6. The molecule has 0 N–H and O–H groups in total. The first-order chi connectivity index (χ1) is 9.70.